The number of hydrogen-bond acceptors (Lipinski definition) is 5. The molecule has 0 saturated carbocycles. The molecule has 5 nitrogen and oxygen atoms in total. The van der Waals surface area contributed by atoms with Gasteiger partial charge in [-0.3, -0.25) is 0 Å². The third kappa shape index (κ3) is 4.58. The first-order chi connectivity index (χ1) is 8.31. The molecule has 0 amide bonds. The summed E-state index contributed by atoms with van der Waals surface area (Å²) in [6, 6.07) is 3.91. The zero-order valence-corrected chi connectivity index (χ0v) is 11.8. The predicted octanol–water partition coefficient (Wildman–Crippen LogP) is 2.20. The van der Waals surface area contributed by atoms with Crippen molar-refractivity contribution in [2.24, 2.45) is 5.41 Å². The van der Waals surface area contributed by atoms with Crippen LogP contribution in [0.1, 0.15) is 26.6 Å². The van der Waals surface area contributed by atoms with Crippen LogP contribution in [0.3, 0.4) is 0 Å². The highest BCUT2D eigenvalue weighted by Crippen LogP contribution is 2.20. The first kappa shape index (κ1) is 14.2. The molecule has 0 aliphatic carbocycles. The largest absolute Gasteiger partial charge is 0.359 e. The molecule has 0 fully saturated rings. The normalized spacial score (nSPS) is 10.9. The van der Waals surface area contributed by atoms with Gasteiger partial charge >= 0.3 is 0 Å². The van der Waals surface area contributed by atoms with Gasteiger partial charge in [-0.1, -0.05) is 20.8 Å². The van der Waals surface area contributed by atoms with E-state index in [1.165, 1.54) is 0 Å². The van der Waals surface area contributed by atoms with Crippen LogP contribution in [-0.4, -0.2) is 30.1 Å². The van der Waals surface area contributed by atoms with E-state index >= 15 is 0 Å². The summed E-state index contributed by atoms with van der Waals surface area (Å²) in [5.41, 5.74) is 0.202. The highest BCUT2D eigenvalue weighted by Gasteiger charge is 2.15. The van der Waals surface area contributed by atoms with Gasteiger partial charge < -0.3 is 10.2 Å². The Morgan fingerprint density at radius 2 is 2.06 bits per heavy atom. The number of anilines is 2. The van der Waals surface area contributed by atoms with Crippen LogP contribution < -0.4 is 10.2 Å². The molecule has 1 rings (SSSR count). The molecule has 1 aromatic heterocycles. The molecular formula is C13H21N5. The Kier molecular flexibility index (Phi) is 4.49. The molecule has 98 valence electrons. The molecule has 0 radical (unpaired) electrons. The number of nitrogens with one attached hydrogen (secondary N) is 1. The van der Waals surface area contributed by atoms with Gasteiger partial charge in [0.25, 0.3) is 0 Å². The van der Waals surface area contributed by atoms with Gasteiger partial charge in [-0.15, -0.1) is 0 Å². The minimum atomic E-state index is 0.202. The molecule has 1 heterocycles. The van der Waals surface area contributed by atoms with Crippen LogP contribution in [-0.2, 0) is 0 Å². The molecule has 0 unspecified atom stereocenters. The average Bonchev–Trinajstić information content (AvgIpc) is 2.23. The molecule has 0 bridgehead atoms. The van der Waals surface area contributed by atoms with Crippen molar-refractivity contribution in [3.8, 4) is 6.07 Å². The van der Waals surface area contributed by atoms with Crippen LogP contribution in [0.4, 0.5) is 11.6 Å². The highest BCUT2D eigenvalue weighted by atomic mass is 15.2. The summed E-state index contributed by atoms with van der Waals surface area (Å²) in [5.74, 6) is 2.27. The van der Waals surface area contributed by atoms with Crippen LogP contribution in [0.5, 0.6) is 0 Å². The molecule has 18 heavy (non-hydrogen) atoms. The SMILES string of the molecule is Cc1nc(NCC#N)cc(N(C)CC(C)(C)C)n1. The van der Waals surface area contributed by atoms with Crippen LogP contribution in [0.2, 0.25) is 0 Å². The molecule has 0 aliphatic heterocycles. The summed E-state index contributed by atoms with van der Waals surface area (Å²) in [5, 5.41) is 11.5. The molecule has 0 aromatic carbocycles. The van der Waals surface area contributed by atoms with Crippen molar-refractivity contribution in [2.75, 3.05) is 30.4 Å². The fraction of sp³-hybridized carbons (Fsp3) is 0.615. The first-order valence-electron chi connectivity index (χ1n) is 5.99. The Hall–Kier alpha value is -1.83. The number of aryl methyl sites for hydroxylation is 1. The van der Waals surface area contributed by atoms with Crippen molar-refractivity contribution in [1.82, 2.24) is 9.97 Å². The predicted molar refractivity (Wildman–Crippen MR) is 73.6 cm³/mol. The van der Waals surface area contributed by atoms with E-state index in [2.05, 4.69) is 41.0 Å². The van der Waals surface area contributed by atoms with Gasteiger partial charge in [0, 0.05) is 19.7 Å². The lowest BCUT2D eigenvalue weighted by Gasteiger charge is -2.27. The van der Waals surface area contributed by atoms with E-state index < -0.39 is 0 Å². The molecule has 0 atom stereocenters. The second-order valence-electron chi connectivity index (χ2n) is 5.59. The van der Waals surface area contributed by atoms with Gasteiger partial charge in [0.15, 0.2) is 0 Å². The maximum Gasteiger partial charge on any atom is 0.134 e. The molecule has 0 spiro atoms. The van der Waals surface area contributed by atoms with Crippen molar-refractivity contribution in [3.05, 3.63) is 11.9 Å². The molecule has 1 aromatic rings. The van der Waals surface area contributed by atoms with Crippen molar-refractivity contribution < 1.29 is 0 Å². The molecule has 1 N–H and O–H groups in total. The van der Waals surface area contributed by atoms with Crippen LogP contribution in [0.15, 0.2) is 6.07 Å². The van der Waals surface area contributed by atoms with E-state index in [1.54, 1.807) is 0 Å². The smallest absolute Gasteiger partial charge is 0.134 e. The summed E-state index contributed by atoms with van der Waals surface area (Å²) < 4.78 is 0. The van der Waals surface area contributed by atoms with Gasteiger partial charge in [0.05, 0.1) is 6.07 Å². The molecule has 5 heteroatoms. The number of hydrogen-bond donors (Lipinski definition) is 1. The first-order valence-corrected chi connectivity index (χ1v) is 5.99. The van der Waals surface area contributed by atoms with E-state index in [4.69, 9.17) is 5.26 Å². The second kappa shape index (κ2) is 5.67. The zero-order valence-electron chi connectivity index (χ0n) is 11.8. The Morgan fingerprint density at radius 1 is 1.39 bits per heavy atom. The van der Waals surface area contributed by atoms with Crippen LogP contribution in [0.25, 0.3) is 0 Å². The third-order valence-corrected chi connectivity index (χ3v) is 2.28. The average molecular weight is 247 g/mol. The zero-order chi connectivity index (χ0) is 13.8. The molecule has 0 saturated heterocycles. The second-order valence-corrected chi connectivity index (χ2v) is 5.59. The van der Waals surface area contributed by atoms with Gasteiger partial charge in [-0.05, 0) is 12.3 Å². The Morgan fingerprint density at radius 3 is 2.61 bits per heavy atom. The number of rotatable bonds is 4. The quantitative estimate of drug-likeness (QED) is 0.826. The van der Waals surface area contributed by atoms with Crippen molar-refractivity contribution in [3.63, 3.8) is 0 Å². The summed E-state index contributed by atoms with van der Waals surface area (Å²) >= 11 is 0. The van der Waals surface area contributed by atoms with E-state index in [9.17, 15) is 0 Å². The number of nitriles is 1. The lowest BCUT2D eigenvalue weighted by molar-refractivity contribution is 0.417. The number of nitrogens with zero attached hydrogens (tertiary/aromatic N) is 4. The lowest BCUT2D eigenvalue weighted by atomic mass is 9.96. The summed E-state index contributed by atoms with van der Waals surface area (Å²) in [6.07, 6.45) is 0. The summed E-state index contributed by atoms with van der Waals surface area (Å²) in [6.45, 7) is 9.57. The Bertz CT molecular complexity index is 442. The standard InChI is InChI=1S/C13H21N5/c1-10-16-11(15-7-6-14)8-12(17-10)18(5)9-13(2,3)4/h8H,7,9H2,1-5H3,(H,15,16,17). The Labute approximate surface area is 109 Å². The van der Waals surface area contributed by atoms with Gasteiger partial charge in [0.1, 0.15) is 24.0 Å². The molecular weight excluding hydrogens is 226 g/mol. The fourth-order valence-corrected chi connectivity index (χ4v) is 1.76. The van der Waals surface area contributed by atoms with E-state index in [0.29, 0.717) is 11.6 Å². The van der Waals surface area contributed by atoms with Gasteiger partial charge in [-0.25, -0.2) is 9.97 Å². The van der Waals surface area contributed by atoms with Crippen molar-refractivity contribution in [1.29, 1.82) is 5.26 Å². The lowest BCUT2D eigenvalue weighted by Crippen LogP contribution is -2.30. The van der Waals surface area contributed by atoms with E-state index in [0.717, 1.165) is 12.4 Å². The van der Waals surface area contributed by atoms with Crippen LogP contribution in [0, 0.1) is 23.7 Å². The van der Waals surface area contributed by atoms with E-state index in [1.807, 2.05) is 26.1 Å². The summed E-state index contributed by atoms with van der Waals surface area (Å²) in [7, 11) is 2.01. The van der Waals surface area contributed by atoms with Gasteiger partial charge in [0.2, 0.25) is 0 Å². The van der Waals surface area contributed by atoms with E-state index in [-0.39, 0.29) is 12.0 Å². The number of aromatic nitrogens is 2. The maximum absolute atomic E-state index is 8.56. The van der Waals surface area contributed by atoms with Crippen molar-refractivity contribution in [2.45, 2.75) is 27.7 Å². The van der Waals surface area contributed by atoms with Crippen LogP contribution >= 0.6 is 0 Å². The Balaban J connectivity index is 2.88. The monoisotopic (exact) mass is 247 g/mol. The minimum absolute atomic E-state index is 0.202. The summed E-state index contributed by atoms with van der Waals surface area (Å²) in [4.78, 5) is 10.8. The fourth-order valence-electron chi connectivity index (χ4n) is 1.76. The third-order valence-electron chi connectivity index (χ3n) is 2.28. The maximum atomic E-state index is 8.56. The highest BCUT2D eigenvalue weighted by molar-refractivity contribution is 5.49. The molecule has 0 aliphatic rings. The topological polar surface area (TPSA) is 64.8 Å². The minimum Gasteiger partial charge on any atom is -0.359 e. The van der Waals surface area contributed by atoms with Gasteiger partial charge in [-0.2, -0.15) is 5.26 Å². The van der Waals surface area contributed by atoms with Crippen molar-refractivity contribution >= 4 is 11.6 Å².